The maximum Gasteiger partial charge on any atom is 0.296 e. The van der Waals surface area contributed by atoms with Crippen molar-refractivity contribution in [2.75, 3.05) is 5.01 Å². The lowest BCUT2D eigenvalue weighted by molar-refractivity contribution is -0.384. The Hall–Kier alpha value is -3.51. The number of nitrogens with two attached hydrogens (primary N) is 1. The summed E-state index contributed by atoms with van der Waals surface area (Å²) in [5, 5.41) is 29.2. The van der Waals surface area contributed by atoms with E-state index in [9.17, 15) is 23.3 Å². The first-order valence-electron chi connectivity index (χ1n) is 8.26. The molecule has 3 rings (SSSR count). The summed E-state index contributed by atoms with van der Waals surface area (Å²) in [6.07, 6.45) is 0. The molecule has 0 radical (unpaired) electrons. The molecule has 1 unspecified atom stereocenters. The van der Waals surface area contributed by atoms with Gasteiger partial charge in [0.25, 0.3) is 11.6 Å². The van der Waals surface area contributed by atoms with Crippen molar-refractivity contribution in [3.63, 3.8) is 0 Å². The average Bonchev–Trinajstić information content (AvgIpc) is 2.94. The Morgan fingerprint density at radius 1 is 1.21 bits per heavy atom. The number of nitro benzene ring substituents is 1. The van der Waals surface area contributed by atoms with E-state index in [0.717, 1.165) is 5.01 Å². The van der Waals surface area contributed by atoms with Crippen molar-refractivity contribution in [1.82, 2.24) is 0 Å². The minimum Gasteiger partial charge on any atom is -0.269 e. The van der Waals surface area contributed by atoms with Gasteiger partial charge in [0.1, 0.15) is 0 Å². The van der Waals surface area contributed by atoms with Gasteiger partial charge in [-0.2, -0.15) is 15.2 Å². The van der Waals surface area contributed by atoms with Crippen LogP contribution in [0.1, 0.15) is 12.5 Å². The number of hydrogen-bond acceptors (Lipinski definition) is 8. The topological polar surface area (TPSA) is 161 Å². The highest BCUT2D eigenvalue weighted by Crippen LogP contribution is 2.30. The molecule has 1 amide bonds. The fourth-order valence-corrected chi connectivity index (χ4v) is 3.20. The van der Waals surface area contributed by atoms with E-state index in [0.29, 0.717) is 11.3 Å². The van der Waals surface area contributed by atoms with Gasteiger partial charge in [-0.3, -0.25) is 14.9 Å². The van der Waals surface area contributed by atoms with Gasteiger partial charge in [0.2, 0.25) is 10.0 Å². The van der Waals surface area contributed by atoms with Gasteiger partial charge < -0.3 is 0 Å². The molecule has 1 atom stereocenters. The number of amides is 1. The molecule has 11 nitrogen and oxygen atoms in total. The van der Waals surface area contributed by atoms with E-state index in [-0.39, 0.29) is 22.0 Å². The van der Waals surface area contributed by atoms with Crippen molar-refractivity contribution < 1.29 is 18.1 Å². The van der Waals surface area contributed by atoms with Gasteiger partial charge in [-0.25, -0.2) is 13.6 Å². The van der Waals surface area contributed by atoms with Gasteiger partial charge in [0.15, 0.2) is 11.7 Å². The second-order valence-electron chi connectivity index (χ2n) is 6.30. The number of rotatable bonds is 5. The van der Waals surface area contributed by atoms with Crippen LogP contribution in [0, 0.1) is 17.0 Å². The summed E-state index contributed by atoms with van der Waals surface area (Å²) >= 11 is 0. The SMILES string of the molecule is CC1=NN(c2cccc(S(N)(=O)=O)c2)C(=O)C1N=Nc1ccc(C)cc1[N+](=O)[O-]. The molecular formula is C17H16N6O5S. The van der Waals surface area contributed by atoms with Crippen LogP contribution in [0.25, 0.3) is 0 Å². The Bertz CT molecular complexity index is 1170. The number of carbonyl (C=O) groups excluding carboxylic acids is 1. The molecule has 0 saturated heterocycles. The van der Waals surface area contributed by atoms with Gasteiger partial charge in [-0.15, -0.1) is 5.11 Å². The number of carbonyl (C=O) groups is 1. The van der Waals surface area contributed by atoms with Crippen LogP contribution in [0.3, 0.4) is 0 Å². The van der Waals surface area contributed by atoms with Crippen LogP contribution in [-0.2, 0) is 14.8 Å². The van der Waals surface area contributed by atoms with Gasteiger partial charge in [-0.1, -0.05) is 12.1 Å². The summed E-state index contributed by atoms with van der Waals surface area (Å²) in [4.78, 5) is 23.2. The first-order valence-corrected chi connectivity index (χ1v) is 9.80. The molecule has 1 heterocycles. The number of hydrazone groups is 1. The smallest absolute Gasteiger partial charge is 0.269 e. The Morgan fingerprint density at radius 2 is 1.93 bits per heavy atom. The summed E-state index contributed by atoms with van der Waals surface area (Å²) in [6.45, 7) is 3.26. The summed E-state index contributed by atoms with van der Waals surface area (Å²) in [7, 11) is -3.95. The number of primary sulfonamides is 1. The molecular weight excluding hydrogens is 400 g/mol. The molecule has 2 N–H and O–H groups in total. The van der Waals surface area contributed by atoms with Gasteiger partial charge in [0.05, 0.1) is 21.2 Å². The largest absolute Gasteiger partial charge is 0.296 e. The lowest BCUT2D eigenvalue weighted by atomic mass is 10.2. The number of sulfonamides is 1. The van der Waals surface area contributed by atoms with Crippen molar-refractivity contribution in [3.05, 3.63) is 58.1 Å². The molecule has 0 bridgehead atoms. The van der Waals surface area contributed by atoms with Crippen molar-refractivity contribution in [2.45, 2.75) is 24.8 Å². The maximum atomic E-state index is 12.7. The van der Waals surface area contributed by atoms with E-state index in [1.54, 1.807) is 19.9 Å². The highest BCUT2D eigenvalue weighted by Gasteiger charge is 2.35. The lowest BCUT2D eigenvalue weighted by Crippen LogP contribution is -2.29. The second kappa shape index (κ2) is 7.48. The predicted octanol–water partition coefficient (Wildman–Crippen LogP) is 2.43. The van der Waals surface area contributed by atoms with Crippen LogP contribution in [0.5, 0.6) is 0 Å². The number of hydrogen-bond donors (Lipinski definition) is 1. The predicted molar refractivity (Wildman–Crippen MR) is 105 cm³/mol. The number of azo groups is 1. The average molecular weight is 416 g/mol. The first-order chi connectivity index (χ1) is 13.6. The van der Waals surface area contributed by atoms with E-state index >= 15 is 0 Å². The Balaban J connectivity index is 1.90. The zero-order valence-electron chi connectivity index (χ0n) is 15.4. The van der Waals surface area contributed by atoms with E-state index in [1.165, 1.54) is 36.4 Å². The molecule has 0 aromatic heterocycles. The third-order valence-corrected chi connectivity index (χ3v) is 5.01. The molecule has 1 aliphatic heterocycles. The molecule has 1 aliphatic rings. The fourth-order valence-electron chi connectivity index (χ4n) is 2.65. The molecule has 0 saturated carbocycles. The minimum atomic E-state index is -3.95. The second-order valence-corrected chi connectivity index (χ2v) is 7.86. The van der Waals surface area contributed by atoms with Crippen molar-refractivity contribution in [2.24, 2.45) is 20.5 Å². The van der Waals surface area contributed by atoms with E-state index < -0.39 is 26.9 Å². The minimum absolute atomic E-state index is 0.0101. The lowest BCUT2D eigenvalue weighted by Gasteiger charge is -2.13. The number of aryl methyl sites for hydroxylation is 1. The summed E-state index contributed by atoms with van der Waals surface area (Å²) in [5.74, 6) is -0.576. The van der Waals surface area contributed by atoms with Crippen LogP contribution in [-0.4, -0.2) is 31.0 Å². The van der Waals surface area contributed by atoms with Gasteiger partial charge in [-0.05, 0) is 43.7 Å². The van der Waals surface area contributed by atoms with E-state index in [2.05, 4.69) is 15.3 Å². The highest BCUT2D eigenvalue weighted by atomic mass is 32.2. The molecule has 0 aliphatic carbocycles. The quantitative estimate of drug-likeness (QED) is 0.449. The van der Waals surface area contributed by atoms with Crippen LogP contribution in [0.4, 0.5) is 17.1 Å². The molecule has 12 heteroatoms. The number of anilines is 1. The maximum absolute atomic E-state index is 12.7. The first kappa shape index (κ1) is 20.2. The van der Waals surface area contributed by atoms with Crippen LogP contribution in [0.15, 0.2) is 62.7 Å². The fraction of sp³-hybridized carbons (Fsp3) is 0.176. The normalized spacial score (nSPS) is 17.1. The Labute approximate surface area is 165 Å². The molecule has 0 fully saturated rings. The van der Waals surface area contributed by atoms with Crippen molar-refractivity contribution in [3.8, 4) is 0 Å². The van der Waals surface area contributed by atoms with Crippen molar-refractivity contribution in [1.29, 1.82) is 0 Å². The third-order valence-electron chi connectivity index (χ3n) is 4.10. The van der Waals surface area contributed by atoms with Crippen LogP contribution in [0.2, 0.25) is 0 Å². The van der Waals surface area contributed by atoms with Gasteiger partial charge >= 0.3 is 0 Å². The highest BCUT2D eigenvalue weighted by molar-refractivity contribution is 7.89. The van der Waals surface area contributed by atoms with Crippen LogP contribution >= 0.6 is 0 Å². The molecule has 2 aromatic carbocycles. The Kier molecular flexibility index (Phi) is 5.22. The monoisotopic (exact) mass is 416 g/mol. The summed E-state index contributed by atoms with van der Waals surface area (Å²) in [6, 6.07) is 8.79. The zero-order chi connectivity index (χ0) is 21.3. The molecule has 2 aromatic rings. The molecule has 0 spiro atoms. The van der Waals surface area contributed by atoms with E-state index in [4.69, 9.17) is 5.14 Å². The number of benzene rings is 2. The van der Waals surface area contributed by atoms with E-state index in [1.807, 2.05) is 0 Å². The third kappa shape index (κ3) is 4.17. The standard InChI is InChI=1S/C17H16N6O5S/c1-10-6-7-14(15(8-10)23(25)26)19-20-16-11(2)21-22(17(16)24)12-4-3-5-13(9-12)29(18,27)28/h3-9,16H,1-2H3,(H2,18,27,28). The van der Waals surface area contributed by atoms with Crippen LogP contribution < -0.4 is 10.1 Å². The van der Waals surface area contributed by atoms with Crippen molar-refractivity contribution >= 4 is 38.7 Å². The van der Waals surface area contributed by atoms with Gasteiger partial charge in [0, 0.05) is 6.07 Å². The zero-order valence-corrected chi connectivity index (χ0v) is 16.2. The Morgan fingerprint density at radius 3 is 2.59 bits per heavy atom. The number of nitro groups is 1. The molecule has 150 valence electrons. The molecule has 29 heavy (non-hydrogen) atoms. The summed E-state index contributed by atoms with van der Waals surface area (Å²) in [5.41, 5.74) is 0.961. The number of nitrogens with zero attached hydrogens (tertiary/aromatic N) is 5. The summed E-state index contributed by atoms with van der Waals surface area (Å²) < 4.78 is 23.1.